The third-order valence-electron chi connectivity index (χ3n) is 4.18. The second-order valence-corrected chi connectivity index (χ2v) is 7.94. The van der Waals surface area contributed by atoms with Gasteiger partial charge >= 0.3 is 5.97 Å². The van der Waals surface area contributed by atoms with Crippen molar-refractivity contribution in [1.82, 2.24) is 14.5 Å². The number of aromatic carboxylic acids is 1. The average molecular weight is 394 g/mol. The van der Waals surface area contributed by atoms with E-state index in [0.717, 1.165) is 0 Å². The zero-order valence-electron chi connectivity index (χ0n) is 15.7. The molecule has 3 N–H and O–H groups in total. The first-order valence-corrected chi connectivity index (χ1v) is 9.59. The molecule has 0 aliphatic heterocycles. The Morgan fingerprint density at radius 1 is 1.22 bits per heavy atom. The summed E-state index contributed by atoms with van der Waals surface area (Å²) in [5.74, 6) is -1.73. The SMILES string of the molecule is Cc1ccc(C(=O)O)cc1NC(=O)C(C)NS(=O)(=O)c1c(C)nn(C)c1C. The lowest BCUT2D eigenvalue weighted by molar-refractivity contribution is -0.117. The van der Waals surface area contributed by atoms with E-state index in [-0.39, 0.29) is 10.5 Å². The van der Waals surface area contributed by atoms with E-state index in [9.17, 15) is 18.0 Å². The van der Waals surface area contributed by atoms with Crippen molar-refractivity contribution in [3.05, 3.63) is 40.7 Å². The number of carbonyl (C=O) groups is 2. The lowest BCUT2D eigenvalue weighted by Gasteiger charge is -2.16. The monoisotopic (exact) mass is 394 g/mol. The van der Waals surface area contributed by atoms with Gasteiger partial charge < -0.3 is 10.4 Å². The molecule has 1 aromatic heterocycles. The summed E-state index contributed by atoms with van der Waals surface area (Å²) in [6, 6.07) is 3.23. The Morgan fingerprint density at radius 3 is 2.37 bits per heavy atom. The Hall–Kier alpha value is -2.72. The number of carboxylic acid groups (broad SMARTS) is 1. The van der Waals surface area contributed by atoms with Gasteiger partial charge in [0.15, 0.2) is 0 Å². The summed E-state index contributed by atoms with van der Waals surface area (Å²) in [6.07, 6.45) is 0. The number of amides is 1. The molecule has 1 aromatic carbocycles. The number of anilines is 1. The van der Waals surface area contributed by atoms with Crippen LogP contribution in [0.5, 0.6) is 0 Å². The fourth-order valence-corrected chi connectivity index (χ4v) is 4.26. The van der Waals surface area contributed by atoms with Crippen LogP contribution in [0.1, 0.15) is 34.2 Å². The number of sulfonamides is 1. The van der Waals surface area contributed by atoms with Gasteiger partial charge in [0.1, 0.15) is 4.90 Å². The molecule has 0 saturated heterocycles. The minimum Gasteiger partial charge on any atom is -0.478 e. The summed E-state index contributed by atoms with van der Waals surface area (Å²) in [6.45, 7) is 6.32. The fourth-order valence-electron chi connectivity index (χ4n) is 2.62. The number of hydrogen-bond acceptors (Lipinski definition) is 5. The number of aromatic nitrogens is 2. The van der Waals surface area contributed by atoms with Gasteiger partial charge in [-0.05, 0) is 45.4 Å². The molecule has 1 heterocycles. The van der Waals surface area contributed by atoms with Crippen molar-refractivity contribution in [3.8, 4) is 0 Å². The standard InChI is InChI=1S/C17H22N4O5S/c1-9-6-7-13(17(23)24)8-14(9)18-16(22)11(3)20-27(25,26)15-10(2)19-21(5)12(15)4/h6-8,11,20H,1-5H3,(H,18,22)(H,23,24). The second-order valence-electron chi connectivity index (χ2n) is 6.29. The number of benzene rings is 1. The molecule has 27 heavy (non-hydrogen) atoms. The smallest absolute Gasteiger partial charge is 0.335 e. The van der Waals surface area contributed by atoms with E-state index in [2.05, 4.69) is 15.1 Å². The Labute approximate surface area is 157 Å². The minimum atomic E-state index is -3.96. The molecule has 9 nitrogen and oxygen atoms in total. The zero-order chi connectivity index (χ0) is 20.5. The number of carbonyl (C=O) groups excluding carboxylic acids is 1. The Morgan fingerprint density at radius 2 is 1.85 bits per heavy atom. The summed E-state index contributed by atoms with van der Waals surface area (Å²) < 4.78 is 29.1. The molecule has 0 radical (unpaired) electrons. The van der Waals surface area contributed by atoms with E-state index < -0.39 is 27.9 Å². The van der Waals surface area contributed by atoms with Gasteiger partial charge in [-0.3, -0.25) is 9.48 Å². The molecule has 0 fully saturated rings. The minimum absolute atomic E-state index is 0.0192. The molecule has 0 spiro atoms. The predicted octanol–water partition coefficient (Wildman–Crippen LogP) is 1.35. The number of aryl methyl sites for hydroxylation is 3. The Bertz CT molecular complexity index is 1010. The van der Waals surface area contributed by atoms with Crippen molar-refractivity contribution in [1.29, 1.82) is 0 Å². The largest absolute Gasteiger partial charge is 0.478 e. The van der Waals surface area contributed by atoms with Crippen molar-refractivity contribution < 1.29 is 23.1 Å². The van der Waals surface area contributed by atoms with Gasteiger partial charge in [-0.2, -0.15) is 9.82 Å². The first-order chi connectivity index (χ1) is 12.4. The lowest BCUT2D eigenvalue weighted by atomic mass is 10.1. The van der Waals surface area contributed by atoms with Crippen LogP contribution in [-0.2, 0) is 21.9 Å². The molecule has 2 rings (SSSR count). The molecule has 10 heteroatoms. The molecule has 146 valence electrons. The van der Waals surface area contributed by atoms with Crippen LogP contribution >= 0.6 is 0 Å². The van der Waals surface area contributed by atoms with Crippen molar-refractivity contribution in [2.24, 2.45) is 7.05 Å². The maximum absolute atomic E-state index is 12.6. The van der Waals surface area contributed by atoms with Gasteiger partial charge in [0.2, 0.25) is 15.9 Å². The second kappa shape index (κ2) is 7.49. The molecule has 0 saturated carbocycles. The molecular weight excluding hydrogens is 372 g/mol. The van der Waals surface area contributed by atoms with E-state index in [1.54, 1.807) is 33.9 Å². The zero-order valence-corrected chi connectivity index (χ0v) is 16.5. The maximum Gasteiger partial charge on any atom is 0.335 e. The summed E-state index contributed by atoms with van der Waals surface area (Å²) in [5.41, 5.74) is 1.77. The highest BCUT2D eigenvalue weighted by molar-refractivity contribution is 7.89. The van der Waals surface area contributed by atoms with E-state index in [0.29, 0.717) is 22.6 Å². The maximum atomic E-state index is 12.6. The van der Waals surface area contributed by atoms with Crippen LogP contribution in [0.15, 0.2) is 23.1 Å². The number of nitrogens with one attached hydrogen (secondary N) is 2. The number of carboxylic acids is 1. The molecule has 2 aromatic rings. The average Bonchev–Trinajstić information content (AvgIpc) is 2.81. The normalized spacial score (nSPS) is 12.6. The molecule has 1 unspecified atom stereocenters. The first kappa shape index (κ1) is 20.6. The molecule has 0 aliphatic rings. The van der Waals surface area contributed by atoms with Crippen LogP contribution in [-0.4, -0.2) is 41.2 Å². The van der Waals surface area contributed by atoms with Gasteiger partial charge in [0.05, 0.1) is 23.0 Å². The van der Waals surface area contributed by atoms with Crippen LogP contribution < -0.4 is 10.0 Å². The van der Waals surface area contributed by atoms with Gasteiger partial charge in [-0.1, -0.05) is 6.07 Å². The van der Waals surface area contributed by atoms with E-state index in [1.807, 2.05) is 0 Å². The van der Waals surface area contributed by atoms with E-state index >= 15 is 0 Å². The highest BCUT2D eigenvalue weighted by Gasteiger charge is 2.28. The summed E-state index contributed by atoms with van der Waals surface area (Å²) >= 11 is 0. The van der Waals surface area contributed by atoms with Gasteiger partial charge in [0, 0.05) is 12.7 Å². The summed E-state index contributed by atoms with van der Waals surface area (Å²) in [5, 5.41) is 15.7. The quantitative estimate of drug-likeness (QED) is 0.678. The van der Waals surface area contributed by atoms with Crippen LogP contribution in [0.2, 0.25) is 0 Å². The first-order valence-electron chi connectivity index (χ1n) is 8.11. The van der Waals surface area contributed by atoms with Crippen LogP contribution in [0, 0.1) is 20.8 Å². The summed E-state index contributed by atoms with van der Waals surface area (Å²) in [4.78, 5) is 23.5. The van der Waals surface area contributed by atoms with Crippen molar-refractivity contribution in [2.75, 3.05) is 5.32 Å². The van der Waals surface area contributed by atoms with Crippen LogP contribution in [0.3, 0.4) is 0 Å². The predicted molar refractivity (Wildman–Crippen MR) is 99.2 cm³/mol. The van der Waals surface area contributed by atoms with Gasteiger partial charge in [0.25, 0.3) is 0 Å². The van der Waals surface area contributed by atoms with Gasteiger partial charge in [-0.25, -0.2) is 13.2 Å². The topological polar surface area (TPSA) is 130 Å². The van der Waals surface area contributed by atoms with Crippen molar-refractivity contribution in [3.63, 3.8) is 0 Å². The van der Waals surface area contributed by atoms with Gasteiger partial charge in [-0.15, -0.1) is 0 Å². The molecule has 1 atom stereocenters. The molecule has 1 amide bonds. The highest BCUT2D eigenvalue weighted by Crippen LogP contribution is 2.20. The molecule has 0 bridgehead atoms. The number of hydrogen-bond donors (Lipinski definition) is 3. The molecular formula is C17H22N4O5S. The van der Waals surface area contributed by atoms with Crippen molar-refractivity contribution in [2.45, 2.75) is 38.6 Å². The lowest BCUT2D eigenvalue weighted by Crippen LogP contribution is -2.42. The van der Waals surface area contributed by atoms with E-state index in [1.165, 1.54) is 23.7 Å². The summed E-state index contributed by atoms with van der Waals surface area (Å²) in [7, 11) is -2.32. The number of nitrogens with zero attached hydrogens (tertiary/aromatic N) is 2. The molecule has 0 aliphatic carbocycles. The number of rotatable bonds is 6. The Kier molecular flexibility index (Phi) is 5.71. The Balaban J connectivity index is 2.21. The third-order valence-corrected chi connectivity index (χ3v) is 5.97. The van der Waals surface area contributed by atoms with Crippen LogP contribution in [0.25, 0.3) is 0 Å². The third kappa shape index (κ3) is 4.34. The fraction of sp³-hybridized carbons (Fsp3) is 0.353. The van der Waals surface area contributed by atoms with E-state index in [4.69, 9.17) is 5.11 Å². The van der Waals surface area contributed by atoms with Crippen molar-refractivity contribution >= 4 is 27.6 Å². The van der Waals surface area contributed by atoms with Crippen LogP contribution in [0.4, 0.5) is 5.69 Å². The highest BCUT2D eigenvalue weighted by atomic mass is 32.2.